The lowest BCUT2D eigenvalue weighted by molar-refractivity contribution is 0.102. The van der Waals surface area contributed by atoms with Crippen molar-refractivity contribution in [3.05, 3.63) is 39.3 Å². The van der Waals surface area contributed by atoms with Crippen molar-refractivity contribution in [3.63, 3.8) is 0 Å². The summed E-state index contributed by atoms with van der Waals surface area (Å²) >= 11 is 4.70. The minimum Gasteiger partial charge on any atom is -0.385 e. The van der Waals surface area contributed by atoms with Gasteiger partial charge in [-0.3, -0.25) is 10.1 Å². The van der Waals surface area contributed by atoms with Crippen molar-refractivity contribution in [2.75, 3.05) is 17.2 Å². The van der Waals surface area contributed by atoms with Gasteiger partial charge in [-0.15, -0.1) is 0 Å². The maximum atomic E-state index is 12.1. The Morgan fingerprint density at radius 3 is 2.84 bits per heavy atom. The third-order valence-corrected chi connectivity index (χ3v) is 3.95. The number of aryl methyl sites for hydroxylation is 1. The van der Waals surface area contributed by atoms with Crippen molar-refractivity contribution >= 4 is 44.0 Å². The standard InChI is InChI=1S/C13H14BrN3OS/c1-3-15-10-5-4-9(6-8(10)2)12(18)17-13-16-7-11(14)19-13/h4-7,15H,3H2,1-2H3,(H,16,17,18). The van der Waals surface area contributed by atoms with E-state index in [9.17, 15) is 4.79 Å². The Bertz CT molecular complexity index is 597. The van der Waals surface area contributed by atoms with Crippen LogP contribution in [-0.2, 0) is 0 Å². The molecule has 1 aromatic heterocycles. The predicted octanol–water partition coefficient (Wildman–Crippen LogP) is 3.90. The van der Waals surface area contributed by atoms with Crippen molar-refractivity contribution in [1.29, 1.82) is 0 Å². The topological polar surface area (TPSA) is 54.0 Å². The van der Waals surface area contributed by atoms with Crippen molar-refractivity contribution in [1.82, 2.24) is 4.98 Å². The van der Waals surface area contributed by atoms with Crippen molar-refractivity contribution in [2.24, 2.45) is 0 Å². The Hall–Kier alpha value is -1.40. The first kappa shape index (κ1) is 14.0. The van der Waals surface area contributed by atoms with Crippen LogP contribution in [0.2, 0.25) is 0 Å². The first-order valence-electron chi connectivity index (χ1n) is 5.87. The predicted molar refractivity (Wildman–Crippen MR) is 83.1 cm³/mol. The molecular weight excluding hydrogens is 326 g/mol. The molecule has 4 nitrogen and oxygen atoms in total. The van der Waals surface area contributed by atoms with Gasteiger partial charge in [-0.05, 0) is 53.5 Å². The number of amides is 1. The average molecular weight is 340 g/mol. The molecule has 1 aromatic carbocycles. The highest BCUT2D eigenvalue weighted by Gasteiger charge is 2.10. The normalized spacial score (nSPS) is 10.3. The quantitative estimate of drug-likeness (QED) is 0.888. The molecule has 0 radical (unpaired) electrons. The summed E-state index contributed by atoms with van der Waals surface area (Å²) in [5.74, 6) is -0.145. The third-order valence-electron chi connectivity index (χ3n) is 2.55. The number of halogens is 1. The molecule has 0 atom stereocenters. The second kappa shape index (κ2) is 6.16. The number of carbonyl (C=O) groups excluding carboxylic acids is 1. The Balaban J connectivity index is 2.13. The lowest BCUT2D eigenvalue weighted by Gasteiger charge is -2.09. The highest BCUT2D eigenvalue weighted by molar-refractivity contribution is 9.11. The molecule has 0 aliphatic carbocycles. The van der Waals surface area contributed by atoms with Gasteiger partial charge in [0.05, 0.1) is 9.98 Å². The van der Waals surface area contributed by atoms with Gasteiger partial charge in [0.15, 0.2) is 5.13 Å². The number of carbonyl (C=O) groups is 1. The fourth-order valence-electron chi connectivity index (χ4n) is 1.68. The summed E-state index contributed by atoms with van der Waals surface area (Å²) in [6.07, 6.45) is 1.67. The molecule has 0 unspecified atom stereocenters. The van der Waals surface area contributed by atoms with Crippen LogP contribution in [0.5, 0.6) is 0 Å². The summed E-state index contributed by atoms with van der Waals surface area (Å²) in [6, 6.07) is 5.60. The number of nitrogens with one attached hydrogen (secondary N) is 2. The molecule has 2 N–H and O–H groups in total. The molecule has 6 heteroatoms. The first-order chi connectivity index (χ1) is 9.10. The smallest absolute Gasteiger partial charge is 0.257 e. The molecule has 0 saturated heterocycles. The van der Waals surface area contributed by atoms with Crippen LogP contribution in [0.25, 0.3) is 0 Å². The summed E-state index contributed by atoms with van der Waals surface area (Å²) in [5, 5.41) is 6.61. The van der Waals surface area contributed by atoms with Crippen LogP contribution in [0, 0.1) is 6.92 Å². The molecule has 0 fully saturated rings. The number of nitrogens with zero attached hydrogens (tertiary/aromatic N) is 1. The summed E-state index contributed by atoms with van der Waals surface area (Å²) in [5.41, 5.74) is 2.73. The second-order valence-corrected chi connectivity index (χ2v) is 6.39. The number of rotatable bonds is 4. The lowest BCUT2D eigenvalue weighted by Crippen LogP contribution is -2.12. The van der Waals surface area contributed by atoms with Crippen LogP contribution in [0.1, 0.15) is 22.8 Å². The molecule has 1 amide bonds. The van der Waals surface area contributed by atoms with Gasteiger partial charge >= 0.3 is 0 Å². The van der Waals surface area contributed by atoms with Crippen molar-refractivity contribution in [3.8, 4) is 0 Å². The fraction of sp³-hybridized carbons (Fsp3) is 0.231. The van der Waals surface area contributed by atoms with Crippen LogP contribution < -0.4 is 10.6 Å². The molecule has 1 heterocycles. The molecule has 2 aromatic rings. The third kappa shape index (κ3) is 3.54. The summed E-state index contributed by atoms with van der Waals surface area (Å²) < 4.78 is 0.890. The number of hydrogen-bond acceptors (Lipinski definition) is 4. The maximum Gasteiger partial charge on any atom is 0.257 e. The maximum absolute atomic E-state index is 12.1. The Morgan fingerprint density at radius 1 is 1.47 bits per heavy atom. The summed E-state index contributed by atoms with van der Waals surface area (Å²) in [7, 11) is 0. The average Bonchev–Trinajstić information content (AvgIpc) is 2.77. The molecule has 0 bridgehead atoms. The van der Waals surface area contributed by atoms with E-state index in [1.54, 1.807) is 6.20 Å². The van der Waals surface area contributed by atoms with Crippen molar-refractivity contribution in [2.45, 2.75) is 13.8 Å². The lowest BCUT2D eigenvalue weighted by atomic mass is 10.1. The van der Waals surface area contributed by atoms with Crippen molar-refractivity contribution < 1.29 is 4.79 Å². The van der Waals surface area contributed by atoms with E-state index in [1.807, 2.05) is 32.0 Å². The number of anilines is 2. The highest BCUT2D eigenvalue weighted by atomic mass is 79.9. The van der Waals surface area contributed by atoms with Crippen LogP contribution in [0.3, 0.4) is 0 Å². The van der Waals surface area contributed by atoms with Gasteiger partial charge in [-0.2, -0.15) is 0 Å². The van der Waals surface area contributed by atoms with E-state index >= 15 is 0 Å². The molecule has 0 aliphatic rings. The van der Waals surface area contributed by atoms with Crippen LogP contribution in [-0.4, -0.2) is 17.4 Å². The van der Waals surface area contributed by atoms with E-state index in [4.69, 9.17) is 0 Å². The molecule has 19 heavy (non-hydrogen) atoms. The van der Waals surface area contributed by atoms with Gasteiger partial charge in [0.1, 0.15) is 0 Å². The van der Waals surface area contributed by atoms with Gasteiger partial charge in [0.25, 0.3) is 5.91 Å². The summed E-state index contributed by atoms with van der Waals surface area (Å²) in [6.45, 7) is 4.88. The monoisotopic (exact) mass is 339 g/mol. The number of thiazole rings is 1. The zero-order chi connectivity index (χ0) is 13.8. The van der Waals surface area contributed by atoms with E-state index < -0.39 is 0 Å². The Labute approximate surface area is 124 Å². The number of aromatic nitrogens is 1. The highest BCUT2D eigenvalue weighted by Crippen LogP contribution is 2.24. The van der Waals surface area contributed by atoms with E-state index in [0.29, 0.717) is 10.7 Å². The number of hydrogen-bond donors (Lipinski definition) is 2. The molecule has 0 aliphatic heterocycles. The number of benzene rings is 1. The van der Waals surface area contributed by atoms with Gasteiger partial charge in [-0.25, -0.2) is 4.98 Å². The van der Waals surface area contributed by atoms with Crippen LogP contribution >= 0.6 is 27.3 Å². The molecule has 0 saturated carbocycles. The molecule has 100 valence electrons. The molecular formula is C13H14BrN3OS. The van der Waals surface area contributed by atoms with Gasteiger partial charge < -0.3 is 5.32 Å². The Kier molecular flexibility index (Phi) is 4.55. The minimum atomic E-state index is -0.145. The molecule has 0 spiro atoms. The zero-order valence-electron chi connectivity index (χ0n) is 10.7. The van der Waals surface area contributed by atoms with E-state index in [1.165, 1.54) is 11.3 Å². The van der Waals surface area contributed by atoms with E-state index in [0.717, 1.165) is 21.6 Å². The van der Waals surface area contributed by atoms with Crippen LogP contribution in [0.4, 0.5) is 10.8 Å². The van der Waals surface area contributed by atoms with E-state index in [2.05, 4.69) is 31.5 Å². The van der Waals surface area contributed by atoms with Gasteiger partial charge in [-0.1, -0.05) is 11.3 Å². The molecule has 2 rings (SSSR count). The van der Waals surface area contributed by atoms with Gasteiger partial charge in [0, 0.05) is 17.8 Å². The minimum absolute atomic E-state index is 0.145. The Morgan fingerprint density at radius 2 is 2.26 bits per heavy atom. The summed E-state index contributed by atoms with van der Waals surface area (Å²) in [4.78, 5) is 16.1. The zero-order valence-corrected chi connectivity index (χ0v) is 13.1. The largest absolute Gasteiger partial charge is 0.385 e. The fourth-order valence-corrected chi connectivity index (χ4v) is 2.78. The second-order valence-electron chi connectivity index (χ2n) is 3.98. The SMILES string of the molecule is CCNc1ccc(C(=O)Nc2ncc(Br)s2)cc1C. The first-order valence-corrected chi connectivity index (χ1v) is 7.48. The van der Waals surface area contributed by atoms with Gasteiger partial charge in [0.2, 0.25) is 0 Å². The van der Waals surface area contributed by atoms with Crippen LogP contribution in [0.15, 0.2) is 28.2 Å². The van der Waals surface area contributed by atoms with E-state index in [-0.39, 0.29) is 5.91 Å².